The largest absolute Gasteiger partial charge is 0.478 e. The van der Waals surface area contributed by atoms with E-state index in [-0.39, 0.29) is 106 Å². The predicted octanol–water partition coefficient (Wildman–Crippen LogP) is 21.0. The van der Waals surface area contributed by atoms with Crippen LogP contribution < -0.4 is 14.9 Å². The Balaban J connectivity index is 0.000000162. The van der Waals surface area contributed by atoms with Gasteiger partial charge in [-0.3, -0.25) is 19.2 Å². The molecular weight excluding hydrogens is 1980 g/mol. The zero-order valence-electron chi connectivity index (χ0n) is 84.1. The summed E-state index contributed by atoms with van der Waals surface area (Å²) >= 11 is 25.9. The number of aromatic carboxylic acids is 1. The molecule has 4 N–H and O–H groups in total. The van der Waals surface area contributed by atoms with Crippen LogP contribution in [-0.4, -0.2) is 212 Å². The lowest BCUT2D eigenvalue weighted by atomic mass is 9.90. The Morgan fingerprint density at radius 3 is 1.11 bits per heavy atom. The van der Waals surface area contributed by atoms with Crippen LogP contribution in [0.15, 0.2) is 94.0 Å². The molecule has 37 heteroatoms. The van der Waals surface area contributed by atoms with Crippen LogP contribution in [0.4, 0.5) is 11.4 Å². The number of rotatable bonds is 19. The molecule has 4 aromatic carbocycles. The number of carboxylic acid groups (broad SMARTS) is 1. The summed E-state index contributed by atoms with van der Waals surface area (Å²) in [6, 6.07) is 23.7. The van der Waals surface area contributed by atoms with Crippen molar-refractivity contribution in [1.29, 1.82) is 0 Å². The Kier molecular flexibility index (Phi) is 38.0. The molecule has 6 unspecified atom stereocenters. The molecule has 6 aromatic rings. The van der Waals surface area contributed by atoms with Crippen molar-refractivity contribution in [1.82, 2.24) is 10.3 Å². The number of fused-ring (bicyclic) bond motifs is 4. The number of Topliss-reactive ketones (excluding diaryl/α,β-unsaturated/α-hetero) is 2. The molecule has 0 radical (unpaired) electrons. The zero-order valence-corrected chi connectivity index (χ0v) is 90.4. The highest BCUT2D eigenvalue weighted by Crippen LogP contribution is 2.52. The number of hydrogen-bond acceptors (Lipinski definition) is 25. The number of aliphatic hydroxyl groups is 1. The molecule has 12 atom stereocenters. The number of halogens is 5. The summed E-state index contributed by atoms with van der Waals surface area (Å²) in [5, 5.41) is 32.5. The van der Waals surface area contributed by atoms with E-state index < -0.39 is 67.8 Å². The topological polar surface area (TPSA) is 396 Å². The van der Waals surface area contributed by atoms with Gasteiger partial charge in [0.1, 0.15) is 34.4 Å². The quantitative estimate of drug-likeness (QED) is 0.0501. The Labute approximate surface area is 856 Å². The van der Waals surface area contributed by atoms with Crippen LogP contribution in [0, 0.1) is 23.7 Å². The van der Waals surface area contributed by atoms with Gasteiger partial charge in [0.15, 0.2) is 15.6 Å². The van der Waals surface area contributed by atoms with Gasteiger partial charge in [-0.05, 0) is 304 Å². The number of carbonyl (C=O) groups is 5. The molecule has 29 nitrogen and oxygen atoms in total. The monoisotopic (exact) mass is 2120 g/mol. The number of nitrogens with two attached hydrogens (primary N) is 1. The third-order valence-corrected chi connectivity index (χ3v) is 34.8. The van der Waals surface area contributed by atoms with Gasteiger partial charge >= 0.3 is 5.97 Å². The number of benzene rings is 4. The minimum Gasteiger partial charge on any atom is -0.478 e. The normalized spacial score (nSPS) is 27.6. The molecule has 9 saturated heterocycles. The number of aliphatic hydroxyl groups excluding tert-OH is 1. The van der Waals surface area contributed by atoms with Crippen molar-refractivity contribution in [3.63, 3.8) is 0 Å². The molecule has 13 aliphatic rings. The van der Waals surface area contributed by atoms with Gasteiger partial charge in [-0.1, -0.05) is 82.7 Å². The van der Waals surface area contributed by atoms with Gasteiger partial charge in [-0.15, -0.1) is 0 Å². The van der Waals surface area contributed by atoms with E-state index in [0.717, 1.165) is 91.9 Å². The van der Waals surface area contributed by atoms with E-state index in [1.165, 1.54) is 37.8 Å². The molecule has 141 heavy (non-hydrogen) atoms. The van der Waals surface area contributed by atoms with Crippen molar-refractivity contribution in [2.24, 2.45) is 28.8 Å². The van der Waals surface area contributed by atoms with Gasteiger partial charge in [-0.25, -0.2) is 35.2 Å². The van der Waals surface area contributed by atoms with E-state index in [4.69, 9.17) is 124 Å². The highest BCUT2D eigenvalue weighted by atomic mass is 35.7. The van der Waals surface area contributed by atoms with Crippen LogP contribution in [0.1, 0.15) is 307 Å². The number of amides is 2. The summed E-state index contributed by atoms with van der Waals surface area (Å²) in [6.07, 6.45) is 16.7. The summed E-state index contributed by atoms with van der Waals surface area (Å²) in [6.45, 7) is 37.5. The van der Waals surface area contributed by atoms with Crippen LogP contribution in [0.25, 0.3) is 22.5 Å². The number of primary sulfonamides is 1. The molecule has 782 valence electrons. The third kappa shape index (κ3) is 31.7. The SMILES string of the molecule is CC1(C)CC(=O)CCO1.CC1(C)CC(O)CCO1.CC1(C)CC(S(=O)(=O)CC(=O)c2ccc(N3C(=O)[C@@H]4C[C@H]3C[C@H]4OCc3c(-c4c(Cl)cccc4Cl)noc3C3CC3)cc2)CCO1.CC1(C)CC(S(=O)(=O)Cl)CCO1.CC1(C)CC(S(N)(=O)=O)CCO1.CC1CCOC(C)(C)C1.CC1CCOC(C)(C)C1.O=C(O)c1ccc(N2C(=O)[C@@H]3C[C@H]2C[C@H]3OCc2c(-c3c(Cl)cccc3Cl)noc2C2CC2)cc1. The number of anilines is 2. The highest BCUT2D eigenvalue weighted by Gasteiger charge is 2.54. The molecular formula is C104H144Cl5N5O24S3. The summed E-state index contributed by atoms with van der Waals surface area (Å²) in [4.78, 5) is 65.2. The van der Waals surface area contributed by atoms with Crippen molar-refractivity contribution in [2.45, 2.75) is 362 Å². The van der Waals surface area contributed by atoms with Gasteiger partial charge in [0.25, 0.3) is 0 Å². The standard InChI is InChI=1S/C34H36Cl2N2O7S.C26H22Cl2N2O5.2C8H16O.C7H13ClO3S.C7H15NO3S.C7H14O2.C7H12O2/c1-34(2)16-23(12-13-44-34)46(41,42)18-28(39)19-8-10-21(11-9-19)38-22-14-24(33(38)40)29(15-22)43-17-25-31(37-45-32(25)20-6-7-20)30-26(35)4-3-5-27(30)36;27-19-2-1-3-20(28)22(19)23-18(24(35-29-23)13-4-5-13)12-34-21-11-16-10-17(21)25(31)30(16)15-8-6-14(7-9-15)26(32)33;2*1-7-4-5-9-8(2,3)6-7;2*1-7(2)5-6(3-4-11-7)12(8,9)10;2*1-7(2)5-6(8)3-4-9-7/h3-5,8-11,20,22-24,29H,6-7,12-18H2,1-2H3;1-3,6-9,13,16-17,21H,4-5,10-12H2,(H,32,33);2*7H,4-6H2,1-3H3;6H,3-5H2,1-2H3;6H,3-5H2,1-2H3,(H2,8,9,10);6,8H,3-5H2,1-2H3;3-5H2,1-2H3/t22-,23?,24+,29+;16-,17+,21+;;;;;;/m00....../s1. The Morgan fingerprint density at radius 2 is 0.809 bits per heavy atom. The second-order valence-corrected chi connectivity index (χ2v) is 52.8. The number of hydrogen-bond donors (Lipinski definition) is 3. The summed E-state index contributed by atoms with van der Waals surface area (Å²) in [7, 11) is -5.15. The number of sulfone groups is 1. The second-order valence-electron chi connectivity index (χ2n) is 44.2. The van der Waals surface area contributed by atoms with E-state index in [0.29, 0.717) is 182 Å². The third-order valence-electron chi connectivity index (χ3n) is 28.2. The molecule has 4 saturated carbocycles. The lowest BCUT2D eigenvalue weighted by Gasteiger charge is -2.35. The van der Waals surface area contributed by atoms with Gasteiger partial charge in [-0.2, -0.15) is 0 Å². The molecule has 0 spiro atoms. The van der Waals surface area contributed by atoms with Gasteiger partial charge in [0, 0.05) is 133 Å². The average Bonchev–Trinajstić information content (AvgIpc) is 1.61. The maximum absolute atomic E-state index is 13.6. The first kappa shape index (κ1) is 114. The lowest BCUT2D eigenvalue weighted by Crippen LogP contribution is -2.43. The molecule has 2 aromatic heterocycles. The first-order valence-electron chi connectivity index (χ1n) is 49.4. The fraction of sp³-hybridized carbons (Fsp3) is 0.663. The number of piperidine rings is 2. The summed E-state index contributed by atoms with van der Waals surface area (Å²) < 4.78 is 132. The van der Waals surface area contributed by atoms with E-state index in [9.17, 15) is 49.2 Å². The number of aromatic nitrogens is 2. The van der Waals surface area contributed by atoms with Crippen molar-refractivity contribution in [3.05, 3.63) is 139 Å². The molecule has 2 amide bonds. The van der Waals surface area contributed by atoms with E-state index >= 15 is 0 Å². The average molecular weight is 2120 g/mol. The minimum atomic E-state index is -3.63. The number of sulfonamides is 1. The molecule has 4 bridgehead atoms. The molecule has 13 fully saturated rings. The van der Waals surface area contributed by atoms with Gasteiger partial charge in [0.05, 0.1) is 131 Å². The van der Waals surface area contributed by atoms with E-state index in [1.807, 2.05) is 69.2 Å². The molecule has 19 rings (SSSR count). The Morgan fingerprint density at radius 1 is 0.454 bits per heavy atom. The van der Waals surface area contributed by atoms with E-state index in [1.54, 1.807) is 82.6 Å². The first-order chi connectivity index (χ1) is 65.9. The smallest absolute Gasteiger partial charge is 0.335 e. The Hall–Kier alpha value is -6.09. The zero-order chi connectivity index (χ0) is 103. The predicted molar refractivity (Wildman–Crippen MR) is 544 cm³/mol. The summed E-state index contributed by atoms with van der Waals surface area (Å²) in [5.74, 6) is 1.73. The lowest BCUT2D eigenvalue weighted by molar-refractivity contribution is -0.135. The van der Waals surface area contributed by atoms with E-state index in [2.05, 4.69) is 51.9 Å². The van der Waals surface area contributed by atoms with Crippen LogP contribution in [0.5, 0.6) is 0 Å². The van der Waals surface area contributed by atoms with Crippen LogP contribution in [0.3, 0.4) is 0 Å². The van der Waals surface area contributed by atoms with Crippen LogP contribution in [-0.2, 0) is 99.1 Å². The highest BCUT2D eigenvalue weighted by molar-refractivity contribution is 8.14. The fourth-order valence-electron chi connectivity index (χ4n) is 20.8. The van der Waals surface area contributed by atoms with Gasteiger partial charge in [0.2, 0.25) is 30.9 Å². The summed E-state index contributed by atoms with van der Waals surface area (Å²) in [5.41, 5.74) is 4.76. The molecule has 4 aliphatic carbocycles. The van der Waals surface area contributed by atoms with Crippen LogP contribution >= 0.6 is 57.1 Å². The molecule has 9 aliphatic heterocycles. The van der Waals surface area contributed by atoms with Crippen LogP contribution in [0.2, 0.25) is 20.1 Å². The van der Waals surface area contributed by atoms with Crippen molar-refractivity contribution in [2.75, 3.05) is 61.8 Å². The van der Waals surface area contributed by atoms with Crippen molar-refractivity contribution < 1.29 is 111 Å². The number of carbonyl (C=O) groups excluding carboxylic acids is 4. The van der Waals surface area contributed by atoms with Gasteiger partial charge < -0.3 is 71.7 Å². The number of ether oxygens (including phenoxy) is 9. The number of nitrogens with zero attached hydrogens (tertiary/aromatic N) is 4. The number of carboxylic acids is 1. The maximum atomic E-state index is 13.6. The van der Waals surface area contributed by atoms with Crippen molar-refractivity contribution >= 4 is 127 Å². The maximum Gasteiger partial charge on any atom is 0.335 e. The first-order valence-corrected chi connectivity index (χ1v) is 56.6. The fourth-order valence-corrected chi connectivity index (χ4v) is 26.3. The number of ketones is 2. The second kappa shape index (κ2) is 47.2. The van der Waals surface area contributed by atoms with Crippen molar-refractivity contribution in [3.8, 4) is 22.5 Å². The minimum absolute atomic E-state index is 0.0106. The Bertz CT molecular complexity index is 5530. The molecule has 11 heterocycles.